The summed E-state index contributed by atoms with van der Waals surface area (Å²) in [5.41, 5.74) is 6.12. The summed E-state index contributed by atoms with van der Waals surface area (Å²) in [6, 6.07) is 0.519. The largest absolute Gasteiger partial charge is 0.379 e. The lowest BCUT2D eigenvalue weighted by Crippen LogP contribution is -2.53. The van der Waals surface area contributed by atoms with E-state index in [1.165, 1.54) is 0 Å². The maximum absolute atomic E-state index is 6.27. The van der Waals surface area contributed by atoms with Crippen LogP contribution in [0, 0.1) is 0 Å². The molecule has 2 aliphatic rings. The Morgan fingerprint density at radius 2 is 2.27 bits per heavy atom. The zero-order chi connectivity index (χ0) is 10.9. The van der Waals surface area contributed by atoms with Gasteiger partial charge in [0.15, 0.2) is 0 Å². The van der Waals surface area contributed by atoms with E-state index in [0.29, 0.717) is 18.8 Å². The predicted octanol–water partition coefficient (Wildman–Crippen LogP) is 0.213. The third-order valence-electron chi connectivity index (χ3n) is 3.60. The van der Waals surface area contributed by atoms with Crippen LogP contribution in [0.2, 0.25) is 0 Å². The van der Waals surface area contributed by atoms with Crippen molar-refractivity contribution in [2.75, 3.05) is 33.4 Å². The van der Waals surface area contributed by atoms with Gasteiger partial charge in [-0.15, -0.1) is 0 Å². The van der Waals surface area contributed by atoms with Gasteiger partial charge in [0.2, 0.25) is 0 Å². The molecule has 15 heavy (non-hydrogen) atoms. The zero-order valence-corrected chi connectivity index (χ0v) is 9.74. The Morgan fingerprint density at radius 1 is 1.47 bits per heavy atom. The van der Waals surface area contributed by atoms with Gasteiger partial charge in [0, 0.05) is 25.8 Å². The molecule has 0 spiro atoms. The van der Waals surface area contributed by atoms with Gasteiger partial charge >= 0.3 is 0 Å². The summed E-state index contributed by atoms with van der Waals surface area (Å²) >= 11 is 0. The lowest BCUT2D eigenvalue weighted by Gasteiger charge is -2.33. The Morgan fingerprint density at radius 3 is 2.80 bits per heavy atom. The fraction of sp³-hybridized carbons (Fsp3) is 1.00. The molecule has 88 valence electrons. The zero-order valence-electron chi connectivity index (χ0n) is 9.74. The average Bonchev–Trinajstić information content (AvgIpc) is 2.74. The number of nitrogens with zero attached hydrogens (tertiary/aromatic N) is 1. The topological polar surface area (TPSA) is 47.7 Å². The van der Waals surface area contributed by atoms with E-state index in [1.54, 1.807) is 0 Å². The van der Waals surface area contributed by atoms with E-state index < -0.39 is 0 Å². The van der Waals surface area contributed by atoms with Crippen molar-refractivity contribution in [2.45, 2.75) is 37.5 Å². The Kier molecular flexibility index (Phi) is 3.30. The maximum atomic E-state index is 6.27. The van der Waals surface area contributed by atoms with Crippen molar-refractivity contribution >= 4 is 0 Å². The van der Waals surface area contributed by atoms with E-state index in [9.17, 15) is 0 Å². The summed E-state index contributed by atoms with van der Waals surface area (Å²) in [6.07, 6.45) is 2.43. The number of hydrogen-bond donors (Lipinski definition) is 1. The number of ether oxygens (including phenoxy) is 2. The molecule has 0 aliphatic carbocycles. The molecule has 2 saturated heterocycles. The molecule has 2 heterocycles. The van der Waals surface area contributed by atoms with Crippen LogP contribution in [-0.4, -0.2) is 56.0 Å². The molecule has 2 rings (SSSR count). The van der Waals surface area contributed by atoms with Gasteiger partial charge in [-0.25, -0.2) is 0 Å². The SMILES string of the molecule is CC1OCCC1N(C)CC1(N)CCOC1. The van der Waals surface area contributed by atoms with Crippen molar-refractivity contribution in [3.05, 3.63) is 0 Å². The van der Waals surface area contributed by atoms with E-state index in [0.717, 1.165) is 32.6 Å². The fourth-order valence-corrected chi connectivity index (χ4v) is 2.66. The van der Waals surface area contributed by atoms with Crippen molar-refractivity contribution in [1.29, 1.82) is 0 Å². The van der Waals surface area contributed by atoms with Gasteiger partial charge < -0.3 is 15.2 Å². The third kappa shape index (κ3) is 2.50. The van der Waals surface area contributed by atoms with Gasteiger partial charge in [0.1, 0.15) is 0 Å². The summed E-state index contributed by atoms with van der Waals surface area (Å²) in [5.74, 6) is 0. The molecule has 0 aromatic rings. The minimum Gasteiger partial charge on any atom is -0.379 e. The number of rotatable bonds is 3. The summed E-state index contributed by atoms with van der Waals surface area (Å²) < 4.78 is 10.9. The number of likely N-dealkylation sites (N-methyl/N-ethyl adjacent to an activating group) is 1. The molecule has 2 N–H and O–H groups in total. The Bertz CT molecular complexity index is 217. The Balaban J connectivity index is 1.88. The molecule has 3 unspecified atom stereocenters. The van der Waals surface area contributed by atoms with Gasteiger partial charge in [0.25, 0.3) is 0 Å². The molecule has 0 saturated carbocycles. The quantitative estimate of drug-likeness (QED) is 0.730. The van der Waals surface area contributed by atoms with Crippen LogP contribution in [0.15, 0.2) is 0 Å². The lowest BCUT2D eigenvalue weighted by molar-refractivity contribution is 0.0728. The van der Waals surface area contributed by atoms with Crippen LogP contribution in [0.3, 0.4) is 0 Å². The van der Waals surface area contributed by atoms with Crippen LogP contribution in [-0.2, 0) is 9.47 Å². The molecule has 0 bridgehead atoms. The highest BCUT2D eigenvalue weighted by atomic mass is 16.5. The van der Waals surface area contributed by atoms with Crippen molar-refractivity contribution in [3.8, 4) is 0 Å². The summed E-state index contributed by atoms with van der Waals surface area (Å²) in [7, 11) is 2.14. The van der Waals surface area contributed by atoms with Crippen molar-refractivity contribution < 1.29 is 9.47 Å². The molecule has 2 fully saturated rings. The Labute approximate surface area is 91.7 Å². The monoisotopic (exact) mass is 214 g/mol. The van der Waals surface area contributed by atoms with Crippen LogP contribution in [0.1, 0.15) is 19.8 Å². The highest BCUT2D eigenvalue weighted by Crippen LogP contribution is 2.22. The van der Waals surface area contributed by atoms with Crippen LogP contribution in [0.5, 0.6) is 0 Å². The smallest absolute Gasteiger partial charge is 0.0702 e. The van der Waals surface area contributed by atoms with Gasteiger partial charge in [-0.1, -0.05) is 0 Å². The first-order valence-electron chi connectivity index (χ1n) is 5.79. The molecule has 0 amide bonds. The summed E-state index contributed by atoms with van der Waals surface area (Å²) in [4.78, 5) is 2.34. The van der Waals surface area contributed by atoms with Crippen molar-refractivity contribution in [3.63, 3.8) is 0 Å². The van der Waals surface area contributed by atoms with Gasteiger partial charge in [-0.3, -0.25) is 4.90 Å². The summed E-state index contributed by atoms with van der Waals surface area (Å²) in [6.45, 7) is 5.43. The third-order valence-corrected chi connectivity index (χ3v) is 3.60. The molecule has 0 radical (unpaired) electrons. The second-order valence-corrected chi connectivity index (χ2v) is 5.01. The van der Waals surface area contributed by atoms with Crippen LogP contribution < -0.4 is 5.73 Å². The van der Waals surface area contributed by atoms with Gasteiger partial charge in [0.05, 0.1) is 18.2 Å². The average molecular weight is 214 g/mol. The van der Waals surface area contributed by atoms with Crippen LogP contribution in [0.4, 0.5) is 0 Å². The van der Waals surface area contributed by atoms with Crippen LogP contribution >= 0.6 is 0 Å². The van der Waals surface area contributed by atoms with E-state index in [1.807, 2.05) is 0 Å². The summed E-state index contributed by atoms with van der Waals surface area (Å²) in [5, 5.41) is 0. The molecular formula is C11H22N2O2. The lowest BCUT2D eigenvalue weighted by atomic mass is 9.98. The van der Waals surface area contributed by atoms with E-state index in [-0.39, 0.29) is 5.54 Å². The second-order valence-electron chi connectivity index (χ2n) is 5.01. The predicted molar refractivity (Wildman–Crippen MR) is 58.8 cm³/mol. The molecule has 0 aromatic heterocycles. The minimum absolute atomic E-state index is 0.142. The van der Waals surface area contributed by atoms with E-state index in [2.05, 4.69) is 18.9 Å². The second kappa shape index (κ2) is 4.37. The van der Waals surface area contributed by atoms with E-state index in [4.69, 9.17) is 15.2 Å². The molecule has 2 aliphatic heterocycles. The first-order chi connectivity index (χ1) is 7.11. The van der Waals surface area contributed by atoms with E-state index >= 15 is 0 Å². The first-order valence-corrected chi connectivity index (χ1v) is 5.79. The van der Waals surface area contributed by atoms with Crippen molar-refractivity contribution in [1.82, 2.24) is 4.90 Å². The molecule has 4 nitrogen and oxygen atoms in total. The number of nitrogens with two attached hydrogens (primary N) is 1. The highest BCUT2D eigenvalue weighted by Gasteiger charge is 2.36. The minimum atomic E-state index is -0.142. The molecule has 0 aromatic carbocycles. The fourth-order valence-electron chi connectivity index (χ4n) is 2.66. The standard InChI is InChI=1S/C11H22N2O2/c1-9-10(3-5-15-9)13(2)7-11(12)4-6-14-8-11/h9-10H,3-8,12H2,1-2H3. The maximum Gasteiger partial charge on any atom is 0.0702 e. The highest BCUT2D eigenvalue weighted by molar-refractivity contribution is 4.93. The first kappa shape index (κ1) is 11.3. The van der Waals surface area contributed by atoms with Crippen LogP contribution in [0.25, 0.3) is 0 Å². The van der Waals surface area contributed by atoms with Gasteiger partial charge in [-0.05, 0) is 26.8 Å². The van der Waals surface area contributed by atoms with Gasteiger partial charge in [-0.2, -0.15) is 0 Å². The Hall–Kier alpha value is -0.160. The molecular weight excluding hydrogens is 192 g/mol. The number of hydrogen-bond acceptors (Lipinski definition) is 4. The van der Waals surface area contributed by atoms with Crippen molar-refractivity contribution in [2.24, 2.45) is 5.73 Å². The molecule has 3 atom stereocenters. The normalized spacial score (nSPS) is 41.6. The molecule has 4 heteroatoms.